The number of carbonyl (C=O) groups is 1. The van der Waals surface area contributed by atoms with E-state index in [4.69, 9.17) is 5.14 Å². The lowest BCUT2D eigenvalue weighted by Crippen LogP contribution is -2.39. The molecule has 0 atom stereocenters. The summed E-state index contributed by atoms with van der Waals surface area (Å²) < 4.78 is 22.6. The highest BCUT2D eigenvalue weighted by atomic mass is 32.2. The molecule has 4 N–H and O–H groups in total. The fraction of sp³-hybridized carbons (Fsp3) is 0.353. The Balaban J connectivity index is 1.52. The zero-order chi connectivity index (χ0) is 18.1. The van der Waals surface area contributed by atoms with Gasteiger partial charge >= 0.3 is 6.03 Å². The molecule has 2 amide bonds. The summed E-state index contributed by atoms with van der Waals surface area (Å²) in [7, 11) is -3.69. The highest BCUT2D eigenvalue weighted by Crippen LogP contribution is 2.48. The number of urea groups is 1. The van der Waals surface area contributed by atoms with Gasteiger partial charge in [0, 0.05) is 16.8 Å². The zero-order valence-corrected chi connectivity index (χ0v) is 15.5. The minimum atomic E-state index is -3.69. The van der Waals surface area contributed by atoms with Crippen LogP contribution in [0, 0.1) is 6.92 Å². The molecule has 25 heavy (non-hydrogen) atoms. The normalized spacial score (nSPS) is 15.6. The topological polar surface area (TPSA) is 101 Å². The van der Waals surface area contributed by atoms with Gasteiger partial charge in [-0.15, -0.1) is 11.3 Å². The van der Waals surface area contributed by atoms with Crippen LogP contribution in [0.5, 0.6) is 0 Å². The van der Waals surface area contributed by atoms with E-state index < -0.39 is 10.0 Å². The SMILES string of the molecule is Cc1ccccc1C1(CNC(=O)NCc2ccc(S(N)(=O)=O)s2)CC1. The Morgan fingerprint density at radius 2 is 1.92 bits per heavy atom. The van der Waals surface area contributed by atoms with Gasteiger partial charge in [-0.05, 0) is 43.0 Å². The van der Waals surface area contributed by atoms with E-state index in [0.717, 1.165) is 29.1 Å². The van der Waals surface area contributed by atoms with E-state index in [1.807, 2.05) is 12.1 Å². The summed E-state index contributed by atoms with van der Waals surface area (Å²) >= 11 is 1.06. The molecule has 2 aromatic rings. The monoisotopic (exact) mass is 379 g/mol. The van der Waals surface area contributed by atoms with Crippen LogP contribution in [0.1, 0.15) is 28.8 Å². The van der Waals surface area contributed by atoms with Crippen molar-refractivity contribution >= 4 is 27.4 Å². The van der Waals surface area contributed by atoms with Crippen molar-refractivity contribution in [2.45, 2.75) is 35.9 Å². The first-order chi connectivity index (χ1) is 11.8. The van der Waals surface area contributed by atoms with Crippen molar-refractivity contribution in [3.63, 3.8) is 0 Å². The molecule has 134 valence electrons. The molecule has 3 rings (SSSR count). The van der Waals surface area contributed by atoms with Gasteiger partial charge in [-0.3, -0.25) is 0 Å². The molecule has 0 bridgehead atoms. The summed E-state index contributed by atoms with van der Waals surface area (Å²) in [5.41, 5.74) is 2.59. The first-order valence-electron chi connectivity index (χ1n) is 7.99. The van der Waals surface area contributed by atoms with Crippen molar-refractivity contribution in [3.8, 4) is 0 Å². The van der Waals surface area contributed by atoms with Crippen molar-refractivity contribution in [1.29, 1.82) is 0 Å². The number of hydrogen-bond acceptors (Lipinski definition) is 4. The zero-order valence-electron chi connectivity index (χ0n) is 13.9. The molecule has 0 unspecified atom stereocenters. The lowest BCUT2D eigenvalue weighted by atomic mass is 9.92. The van der Waals surface area contributed by atoms with Crippen LogP contribution in [-0.4, -0.2) is 21.0 Å². The molecule has 1 aliphatic rings. The molecule has 1 aromatic heterocycles. The highest BCUT2D eigenvalue weighted by Gasteiger charge is 2.45. The van der Waals surface area contributed by atoms with E-state index in [9.17, 15) is 13.2 Å². The van der Waals surface area contributed by atoms with Crippen LogP contribution in [0.3, 0.4) is 0 Å². The fourth-order valence-corrected chi connectivity index (χ4v) is 4.66. The van der Waals surface area contributed by atoms with Crippen molar-refractivity contribution in [2.24, 2.45) is 5.14 Å². The number of aryl methyl sites for hydroxylation is 1. The van der Waals surface area contributed by atoms with E-state index >= 15 is 0 Å². The van der Waals surface area contributed by atoms with Crippen LogP contribution in [0.4, 0.5) is 4.79 Å². The minimum Gasteiger partial charge on any atom is -0.337 e. The predicted octanol–water partition coefficient (Wildman–Crippen LogP) is 2.23. The molecule has 0 saturated heterocycles. The fourth-order valence-electron chi connectivity index (χ4n) is 2.95. The average Bonchev–Trinajstić information content (AvgIpc) is 3.17. The molecule has 6 nitrogen and oxygen atoms in total. The number of benzene rings is 1. The number of nitrogens with two attached hydrogens (primary N) is 1. The van der Waals surface area contributed by atoms with E-state index in [1.165, 1.54) is 17.2 Å². The first kappa shape index (κ1) is 17.9. The quantitative estimate of drug-likeness (QED) is 0.717. The number of sulfonamides is 1. The summed E-state index contributed by atoms with van der Waals surface area (Å²) in [5, 5.41) is 10.8. The molecular formula is C17H21N3O3S2. The van der Waals surface area contributed by atoms with Gasteiger partial charge in [0.05, 0.1) is 6.54 Å². The minimum absolute atomic E-state index is 0.0480. The molecule has 1 heterocycles. The molecule has 0 spiro atoms. The molecule has 1 saturated carbocycles. The Hall–Kier alpha value is -1.90. The lowest BCUT2D eigenvalue weighted by Gasteiger charge is -2.19. The predicted molar refractivity (Wildman–Crippen MR) is 98.0 cm³/mol. The Morgan fingerprint density at radius 1 is 1.20 bits per heavy atom. The summed E-state index contributed by atoms with van der Waals surface area (Å²) in [6.07, 6.45) is 2.14. The second kappa shape index (κ2) is 6.78. The third-order valence-corrected chi connectivity index (χ3v) is 7.02. The third-order valence-electron chi connectivity index (χ3n) is 4.50. The van der Waals surface area contributed by atoms with Crippen molar-refractivity contribution < 1.29 is 13.2 Å². The van der Waals surface area contributed by atoms with Crippen LogP contribution in [0.15, 0.2) is 40.6 Å². The number of thiophene rings is 1. The van der Waals surface area contributed by atoms with Gasteiger partial charge in [0.25, 0.3) is 0 Å². The van der Waals surface area contributed by atoms with Crippen LogP contribution in [0.2, 0.25) is 0 Å². The summed E-state index contributed by atoms with van der Waals surface area (Å²) in [5.74, 6) is 0. The van der Waals surface area contributed by atoms with E-state index in [-0.39, 0.29) is 22.2 Å². The lowest BCUT2D eigenvalue weighted by molar-refractivity contribution is 0.239. The van der Waals surface area contributed by atoms with Crippen LogP contribution in [0.25, 0.3) is 0 Å². The molecular weight excluding hydrogens is 358 g/mol. The maximum absolute atomic E-state index is 12.1. The smallest absolute Gasteiger partial charge is 0.315 e. The maximum atomic E-state index is 12.1. The Morgan fingerprint density at radius 3 is 2.52 bits per heavy atom. The molecule has 0 radical (unpaired) electrons. The highest BCUT2D eigenvalue weighted by molar-refractivity contribution is 7.91. The molecule has 0 aliphatic heterocycles. The first-order valence-corrected chi connectivity index (χ1v) is 10.4. The maximum Gasteiger partial charge on any atom is 0.315 e. The van der Waals surface area contributed by atoms with Gasteiger partial charge in [-0.25, -0.2) is 18.4 Å². The summed E-state index contributed by atoms with van der Waals surface area (Å²) in [6.45, 7) is 2.95. The number of primary sulfonamides is 1. The van der Waals surface area contributed by atoms with Crippen LogP contribution in [-0.2, 0) is 22.0 Å². The van der Waals surface area contributed by atoms with Crippen molar-refractivity contribution in [1.82, 2.24) is 10.6 Å². The molecule has 8 heteroatoms. The number of carbonyl (C=O) groups excluding carboxylic acids is 1. The van der Waals surface area contributed by atoms with Gasteiger partial charge in [-0.2, -0.15) is 0 Å². The van der Waals surface area contributed by atoms with Crippen molar-refractivity contribution in [3.05, 3.63) is 52.4 Å². The average molecular weight is 380 g/mol. The van der Waals surface area contributed by atoms with Gasteiger partial charge in [-0.1, -0.05) is 24.3 Å². The van der Waals surface area contributed by atoms with E-state index in [2.05, 4.69) is 29.7 Å². The number of nitrogens with one attached hydrogen (secondary N) is 2. The second-order valence-corrected chi connectivity index (χ2v) is 9.35. The van der Waals surface area contributed by atoms with Crippen molar-refractivity contribution in [2.75, 3.05) is 6.54 Å². The molecule has 1 aromatic carbocycles. The Bertz CT molecular complexity index is 886. The van der Waals surface area contributed by atoms with Gasteiger partial charge in [0.1, 0.15) is 4.21 Å². The van der Waals surface area contributed by atoms with Gasteiger partial charge in [0.15, 0.2) is 0 Å². The van der Waals surface area contributed by atoms with E-state index in [0.29, 0.717) is 6.54 Å². The molecule has 1 fully saturated rings. The van der Waals surface area contributed by atoms with Crippen LogP contribution < -0.4 is 15.8 Å². The third kappa shape index (κ3) is 4.20. The summed E-state index contributed by atoms with van der Waals surface area (Å²) in [6, 6.07) is 11.1. The van der Waals surface area contributed by atoms with Gasteiger partial charge in [0.2, 0.25) is 10.0 Å². The molecule has 1 aliphatic carbocycles. The van der Waals surface area contributed by atoms with Crippen LogP contribution >= 0.6 is 11.3 Å². The van der Waals surface area contributed by atoms with E-state index in [1.54, 1.807) is 6.07 Å². The Labute approximate surface area is 151 Å². The Kier molecular flexibility index (Phi) is 4.86. The van der Waals surface area contributed by atoms with Gasteiger partial charge < -0.3 is 10.6 Å². The summed E-state index contributed by atoms with van der Waals surface area (Å²) in [4.78, 5) is 12.8. The largest absolute Gasteiger partial charge is 0.337 e. The second-order valence-electron chi connectivity index (χ2n) is 6.40. The number of rotatable bonds is 6. The number of amides is 2. The number of hydrogen-bond donors (Lipinski definition) is 3. The standard InChI is InChI=1S/C17H21N3O3S2/c1-12-4-2-3-5-14(12)17(8-9-17)11-20-16(21)19-10-13-6-7-15(24-13)25(18,22)23/h2-7H,8-11H2,1H3,(H2,18,22,23)(H2,19,20,21).